The number of carbonyl (C=O) groups is 1. The smallest absolute Gasteiger partial charge is 0.276 e. The van der Waals surface area contributed by atoms with Crippen molar-refractivity contribution >= 4 is 17.3 Å². The number of nitrogens with one attached hydrogen (secondary N) is 1. The van der Waals surface area contributed by atoms with Gasteiger partial charge in [-0.05, 0) is 43.2 Å². The second-order valence-electron chi connectivity index (χ2n) is 4.59. The zero-order valence-electron chi connectivity index (χ0n) is 10.1. The summed E-state index contributed by atoms with van der Waals surface area (Å²) in [4.78, 5) is 14.2. The number of benzene rings is 1. The SMILES string of the molecule is CC1Cc2cc(N)ccc2N1C(=O)c1ccn[nH]1. The number of hydrogen-bond acceptors (Lipinski definition) is 3. The molecule has 5 heteroatoms. The van der Waals surface area contributed by atoms with E-state index in [1.165, 1.54) is 0 Å². The summed E-state index contributed by atoms with van der Waals surface area (Å²) >= 11 is 0. The van der Waals surface area contributed by atoms with Crippen molar-refractivity contribution < 1.29 is 4.79 Å². The van der Waals surface area contributed by atoms with Crippen LogP contribution < -0.4 is 10.6 Å². The van der Waals surface area contributed by atoms with Crippen LogP contribution in [0, 0.1) is 0 Å². The maximum atomic E-state index is 12.4. The van der Waals surface area contributed by atoms with Crippen molar-refractivity contribution in [2.75, 3.05) is 10.6 Å². The minimum atomic E-state index is -0.0523. The van der Waals surface area contributed by atoms with E-state index in [2.05, 4.69) is 10.2 Å². The summed E-state index contributed by atoms with van der Waals surface area (Å²) < 4.78 is 0. The average molecular weight is 242 g/mol. The fourth-order valence-electron chi connectivity index (χ4n) is 2.47. The molecule has 2 aromatic rings. The monoisotopic (exact) mass is 242 g/mol. The molecule has 0 saturated heterocycles. The highest BCUT2D eigenvalue weighted by Gasteiger charge is 2.31. The molecular formula is C13H14N4O. The molecule has 92 valence electrons. The summed E-state index contributed by atoms with van der Waals surface area (Å²) in [5, 5.41) is 6.53. The highest BCUT2D eigenvalue weighted by molar-refractivity contribution is 6.06. The molecule has 1 aliphatic rings. The summed E-state index contributed by atoms with van der Waals surface area (Å²) in [6.07, 6.45) is 2.41. The first-order chi connectivity index (χ1) is 8.66. The third-order valence-corrected chi connectivity index (χ3v) is 3.27. The van der Waals surface area contributed by atoms with Gasteiger partial charge in [-0.1, -0.05) is 0 Å². The molecule has 1 aromatic carbocycles. The molecule has 1 unspecified atom stereocenters. The zero-order chi connectivity index (χ0) is 12.7. The Kier molecular flexibility index (Phi) is 2.33. The van der Waals surface area contributed by atoms with Crippen LogP contribution in [0.2, 0.25) is 0 Å². The Balaban J connectivity index is 2.02. The summed E-state index contributed by atoms with van der Waals surface area (Å²) in [6, 6.07) is 7.49. The lowest BCUT2D eigenvalue weighted by molar-refractivity contribution is 0.0976. The number of nitrogens with zero attached hydrogens (tertiary/aromatic N) is 2. The van der Waals surface area contributed by atoms with Crippen LogP contribution in [0.3, 0.4) is 0 Å². The third-order valence-electron chi connectivity index (χ3n) is 3.27. The van der Waals surface area contributed by atoms with E-state index < -0.39 is 0 Å². The maximum Gasteiger partial charge on any atom is 0.276 e. The van der Waals surface area contributed by atoms with Crippen LogP contribution in [-0.4, -0.2) is 22.1 Å². The van der Waals surface area contributed by atoms with E-state index in [1.54, 1.807) is 17.2 Å². The fourth-order valence-corrected chi connectivity index (χ4v) is 2.47. The van der Waals surface area contributed by atoms with Crippen LogP contribution in [0.5, 0.6) is 0 Å². The molecule has 0 radical (unpaired) electrons. The lowest BCUT2D eigenvalue weighted by Crippen LogP contribution is -2.35. The van der Waals surface area contributed by atoms with Crippen LogP contribution in [0.4, 0.5) is 11.4 Å². The molecular weight excluding hydrogens is 228 g/mol. The Hall–Kier alpha value is -2.30. The molecule has 0 fully saturated rings. The lowest BCUT2D eigenvalue weighted by Gasteiger charge is -2.21. The Morgan fingerprint density at radius 3 is 3.06 bits per heavy atom. The molecule has 18 heavy (non-hydrogen) atoms. The van der Waals surface area contributed by atoms with Gasteiger partial charge in [0.2, 0.25) is 0 Å². The summed E-state index contributed by atoms with van der Waals surface area (Å²) in [5.41, 5.74) is 9.07. The van der Waals surface area contributed by atoms with Gasteiger partial charge in [0.25, 0.3) is 5.91 Å². The second-order valence-corrected chi connectivity index (χ2v) is 4.59. The molecule has 1 atom stereocenters. The van der Waals surface area contributed by atoms with E-state index in [-0.39, 0.29) is 11.9 Å². The first kappa shape index (κ1) is 10.8. The largest absolute Gasteiger partial charge is 0.399 e. The highest BCUT2D eigenvalue weighted by atomic mass is 16.2. The van der Waals surface area contributed by atoms with Gasteiger partial charge in [-0.15, -0.1) is 0 Å². The molecule has 1 aromatic heterocycles. The van der Waals surface area contributed by atoms with Crippen molar-refractivity contribution in [3.8, 4) is 0 Å². The Morgan fingerprint density at radius 1 is 1.50 bits per heavy atom. The van der Waals surface area contributed by atoms with Crippen LogP contribution in [0.1, 0.15) is 23.0 Å². The molecule has 1 aliphatic heterocycles. The molecule has 5 nitrogen and oxygen atoms in total. The van der Waals surface area contributed by atoms with Gasteiger partial charge in [-0.25, -0.2) is 0 Å². The number of rotatable bonds is 1. The highest BCUT2D eigenvalue weighted by Crippen LogP contribution is 2.34. The van der Waals surface area contributed by atoms with Crippen LogP contribution in [-0.2, 0) is 6.42 Å². The van der Waals surface area contributed by atoms with Gasteiger partial charge in [-0.3, -0.25) is 9.89 Å². The number of hydrogen-bond donors (Lipinski definition) is 2. The molecule has 0 spiro atoms. The topological polar surface area (TPSA) is 75.0 Å². The Morgan fingerprint density at radius 2 is 2.33 bits per heavy atom. The minimum Gasteiger partial charge on any atom is -0.399 e. The van der Waals surface area contributed by atoms with Crippen LogP contribution in [0.15, 0.2) is 30.5 Å². The van der Waals surface area contributed by atoms with E-state index in [4.69, 9.17) is 5.73 Å². The number of H-pyrrole nitrogens is 1. The van der Waals surface area contributed by atoms with Crippen molar-refractivity contribution in [1.29, 1.82) is 0 Å². The first-order valence-corrected chi connectivity index (χ1v) is 5.88. The molecule has 3 rings (SSSR count). The Labute approximate surface area is 105 Å². The van der Waals surface area contributed by atoms with E-state index in [1.807, 2.05) is 25.1 Å². The number of aromatic amines is 1. The van der Waals surface area contributed by atoms with Gasteiger partial charge in [0.1, 0.15) is 5.69 Å². The number of carbonyl (C=O) groups excluding carboxylic acids is 1. The number of nitrogen functional groups attached to an aromatic ring is 1. The van der Waals surface area contributed by atoms with E-state index in [9.17, 15) is 4.79 Å². The van der Waals surface area contributed by atoms with Crippen molar-refractivity contribution in [1.82, 2.24) is 10.2 Å². The quantitative estimate of drug-likeness (QED) is 0.745. The molecule has 2 heterocycles. The predicted molar refractivity (Wildman–Crippen MR) is 69.4 cm³/mol. The molecule has 0 aliphatic carbocycles. The molecule has 1 amide bonds. The summed E-state index contributed by atoms with van der Waals surface area (Å²) in [6.45, 7) is 2.03. The summed E-state index contributed by atoms with van der Waals surface area (Å²) in [7, 11) is 0. The third kappa shape index (κ3) is 1.55. The van der Waals surface area contributed by atoms with Crippen LogP contribution in [0.25, 0.3) is 0 Å². The van der Waals surface area contributed by atoms with Crippen molar-refractivity contribution in [3.05, 3.63) is 41.7 Å². The summed E-state index contributed by atoms with van der Waals surface area (Å²) in [5.74, 6) is -0.0523. The Bertz CT molecular complexity index is 591. The zero-order valence-corrected chi connectivity index (χ0v) is 10.1. The maximum absolute atomic E-state index is 12.4. The first-order valence-electron chi connectivity index (χ1n) is 5.88. The van der Waals surface area contributed by atoms with Gasteiger partial charge in [0, 0.05) is 23.6 Å². The molecule has 3 N–H and O–H groups in total. The van der Waals surface area contributed by atoms with Crippen LogP contribution >= 0.6 is 0 Å². The van der Waals surface area contributed by atoms with E-state index >= 15 is 0 Å². The number of fused-ring (bicyclic) bond motifs is 1. The van der Waals surface area contributed by atoms with Gasteiger partial charge >= 0.3 is 0 Å². The number of aromatic nitrogens is 2. The standard InChI is InChI=1S/C13H14N4O/c1-8-6-9-7-10(14)2-3-12(9)17(8)13(18)11-4-5-15-16-11/h2-5,7-8H,6,14H2,1H3,(H,15,16). The number of anilines is 2. The van der Waals surface area contributed by atoms with E-state index in [0.717, 1.165) is 23.4 Å². The van der Waals surface area contributed by atoms with E-state index in [0.29, 0.717) is 5.69 Å². The van der Waals surface area contributed by atoms with Gasteiger partial charge in [0.05, 0.1) is 0 Å². The normalized spacial score (nSPS) is 17.8. The van der Waals surface area contributed by atoms with Gasteiger partial charge < -0.3 is 10.6 Å². The van der Waals surface area contributed by atoms with Crippen molar-refractivity contribution in [3.63, 3.8) is 0 Å². The average Bonchev–Trinajstić information content (AvgIpc) is 2.94. The second kappa shape index (κ2) is 3.87. The lowest BCUT2D eigenvalue weighted by atomic mass is 10.1. The number of nitrogens with two attached hydrogens (primary N) is 1. The fraction of sp³-hybridized carbons (Fsp3) is 0.231. The number of amides is 1. The van der Waals surface area contributed by atoms with Gasteiger partial charge in [-0.2, -0.15) is 5.10 Å². The molecule has 0 saturated carbocycles. The predicted octanol–water partition coefficient (Wildman–Crippen LogP) is 1.58. The minimum absolute atomic E-state index is 0.0523. The van der Waals surface area contributed by atoms with Crippen molar-refractivity contribution in [2.45, 2.75) is 19.4 Å². The molecule has 0 bridgehead atoms. The van der Waals surface area contributed by atoms with Gasteiger partial charge in [0.15, 0.2) is 0 Å². The van der Waals surface area contributed by atoms with Crippen molar-refractivity contribution in [2.24, 2.45) is 0 Å².